The molecule has 20 heavy (non-hydrogen) atoms. The highest BCUT2D eigenvalue weighted by molar-refractivity contribution is 5.84. The third kappa shape index (κ3) is 1.74. The molecule has 1 aliphatic rings. The van der Waals surface area contributed by atoms with Crippen molar-refractivity contribution < 1.29 is 0 Å². The zero-order chi connectivity index (χ0) is 13.5. The molecule has 2 aromatic carbocycles. The van der Waals surface area contributed by atoms with E-state index in [9.17, 15) is 0 Å². The molecule has 0 bridgehead atoms. The third-order valence-electron chi connectivity index (χ3n) is 4.05. The molecule has 0 fully saturated rings. The molecule has 100 valence electrons. The Morgan fingerprint density at radius 2 is 1.95 bits per heavy atom. The Morgan fingerprint density at radius 1 is 1.10 bits per heavy atom. The van der Waals surface area contributed by atoms with E-state index in [2.05, 4.69) is 59.3 Å². The highest BCUT2D eigenvalue weighted by atomic mass is 15.1. The van der Waals surface area contributed by atoms with E-state index in [0.29, 0.717) is 0 Å². The van der Waals surface area contributed by atoms with Crippen LogP contribution in [0, 0.1) is 6.92 Å². The van der Waals surface area contributed by atoms with Crippen molar-refractivity contribution >= 4 is 10.8 Å². The molecule has 3 heteroatoms. The molecule has 3 nitrogen and oxygen atoms in total. The van der Waals surface area contributed by atoms with E-state index in [-0.39, 0.29) is 0 Å². The van der Waals surface area contributed by atoms with Crippen molar-refractivity contribution in [3.05, 3.63) is 59.7 Å². The maximum absolute atomic E-state index is 4.71. The number of imidazole rings is 1. The maximum Gasteiger partial charge on any atom is 0.110 e. The van der Waals surface area contributed by atoms with Crippen LogP contribution in [0.25, 0.3) is 16.5 Å². The molecule has 0 saturated heterocycles. The Bertz CT molecular complexity index is 786. The van der Waals surface area contributed by atoms with Gasteiger partial charge >= 0.3 is 0 Å². The molecule has 0 radical (unpaired) electrons. The van der Waals surface area contributed by atoms with Crippen molar-refractivity contribution in [1.29, 1.82) is 0 Å². The van der Waals surface area contributed by atoms with Crippen LogP contribution in [0.2, 0.25) is 0 Å². The van der Waals surface area contributed by atoms with Crippen molar-refractivity contribution in [2.24, 2.45) is 0 Å². The van der Waals surface area contributed by atoms with Crippen LogP contribution < -0.4 is 5.32 Å². The molecule has 0 unspecified atom stereocenters. The van der Waals surface area contributed by atoms with Gasteiger partial charge in [0.15, 0.2) is 0 Å². The van der Waals surface area contributed by atoms with Gasteiger partial charge in [-0.1, -0.05) is 30.3 Å². The predicted molar refractivity (Wildman–Crippen MR) is 81.2 cm³/mol. The summed E-state index contributed by atoms with van der Waals surface area (Å²) in [6.45, 7) is 4.01. The molecule has 0 spiro atoms. The van der Waals surface area contributed by atoms with Crippen molar-refractivity contribution in [3.63, 3.8) is 0 Å². The monoisotopic (exact) mass is 263 g/mol. The Labute approximate surface area is 118 Å². The minimum atomic E-state index is 0.886. The second-order valence-corrected chi connectivity index (χ2v) is 5.35. The number of aromatic nitrogens is 2. The van der Waals surface area contributed by atoms with Gasteiger partial charge in [0.1, 0.15) is 5.82 Å². The lowest BCUT2D eigenvalue weighted by atomic mass is 10.1. The van der Waals surface area contributed by atoms with Crippen LogP contribution in [0.1, 0.15) is 17.2 Å². The van der Waals surface area contributed by atoms with Gasteiger partial charge in [-0.25, -0.2) is 4.98 Å². The van der Waals surface area contributed by atoms with E-state index in [1.54, 1.807) is 0 Å². The highest BCUT2D eigenvalue weighted by Gasteiger charge is 2.18. The Hall–Kier alpha value is -2.13. The minimum Gasteiger partial charge on any atom is -0.311 e. The number of fused-ring (bicyclic) bond motifs is 2. The predicted octanol–water partition coefficient (Wildman–Crippen LogP) is 2.98. The molecule has 0 aliphatic carbocycles. The van der Waals surface area contributed by atoms with Crippen LogP contribution >= 0.6 is 0 Å². The lowest BCUT2D eigenvalue weighted by molar-refractivity contribution is 0.620. The average Bonchev–Trinajstić information content (AvgIpc) is 2.82. The number of hydrogen-bond donors (Lipinski definition) is 1. The number of rotatable bonds is 1. The van der Waals surface area contributed by atoms with Gasteiger partial charge in [-0.2, -0.15) is 0 Å². The smallest absolute Gasteiger partial charge is 0.110 e. The molecule has 2 heterocycles. The van der Waals surface area contributed by atoms with Gasteiger partial charge in [-0.3, -0.25) is 0 Å². The number of hydrogen-bond acceptors (Lipinski definition) is 2. The van der Waals surface area contributed by atoms with Crippen molar-refractivity contribution in [2.45, 2.75) is 19.9 Å². The molecule has 1 N–H and O–H groups in total. The molecule has 4 rings (SSSR count). The fraction of sp³-hybridized carbons (Fsp3) is 0.235. The standard InChI is InChI=1S/C17H17N3/c1-12-19-16-11-18-9-8-17(16)20(12)15-7-6-13-4-2-3-5-14(13)10-15/h2-7,10,18H,8-9,11H2,1H3. The highest BCUT2D eigenvalue weighted by Crippen LogP contribution is 2.24. The minimum absolute atomic E-state index is 0.886. The number of nitrogens with one attached hydrogen (secondary N) is 1. The van der Waals surface area contributed by atoms with Crippen LogP contribution in [-0.2, 0) is 13.0 Å². The summed E-state index contributed by atoms with van der Waals surface area (Å²) in [4.78, 5) is 4.71. The molecule has 3 aromatic rings. The lowest BCUT2D eigenvalue weighted by Gasteiger charge is -2.16. The van der Waals surface area contributed by atoms with E-state index in [1.807, 2.05) is 0 Å². The summed E-state index contributed by atoms with van der Waals surface area (Å²) >= 11 is 0. The summed E-state index contributed by atoms with van der Waals surface area (Å²) in [5.74, 6) is 1.08. The van der Waals surface area contributed by atoms with Gasteiger partial charge < -0.3 is 9.88 Å². The van der Waals surface area contributed by atoms with Crippen LogP contribution in [-0.4, -0.2) is 16.1 Å². The zero-order valence-corrected chi connectivity index (χ0v) is 11.6. The van der Waals surface area contributed by atoms with E-state index < -0.39 is 0 Å². The van der Waals surface area contributed by atoms with Crippen LogP contribution in [0.3, 0.4) is 0 Å². The summed E-state index contributed by atoms with van der Waals surface area (Å²) in [6, 6.07) is 15.1. The van der Waals surface area contributed by atoms with Crippen molar-refractivity contribution in [1.82, 2.24) is 14.9 Å². The molecular formula is C17H17N3. The lowest BCUT2D eigenvalue weighted by Crippen LogP contribution is -2.24. The molecular weight excluding hydrogens is 246 g/mol. The van der Waals surface area contributed by atoms with E-state index in [0.717, 1.165) is 25.3 Å². The number of benzene rings is 2. The summed E-state index contributed by atoms with van der Waals surface area (Å²) in [5.41, 5.74) is 3.77. The van der Waals surface area contributed by atoms with Gasteiger partial charge in [0.05, 0.1) is 5.69 Å². The van der Waals surface area contributed by atoms with E-state index in [1.165, 1.54) is 27.8 Å². The first kappa shape index (κ1) is 11.7. The molecule has 0 atom stereocenters. The van der Waals surface area contributed by atoms with Gasteiger partial charge in [0, 0.05) is 30.9 Å². The first-order valence-corrected chi connectivity index (χ1v) is 7.10. The Kier molecular flexibility index (Phi) is 2.60. The fourth-order valence-corrected chi connectivity index (χ4v) is 3.10. The first-order chi connectivity index (χ1) is 9.83. The topological polar surface area (TPSA) is 29.9 Å². The largest absolute Gasteiger partial charge is 0.311 e. The van der Waals surface area contributed by atoms with Gasteiger partial charge in [-0.05, 0) is 29.8 Å². The summed E-state index contributed by atoms with van der Waals surface area (Å²) in [7, 11) is 0. The number of aryl methyl sites for hydroxylation is 1. The van der Waals surface area contributed by atoms with Crippen molar-refractivity contribution in [2.75, 3.05) is 6.54 Å². The summed E-state index contributed by atoms with van der Waals surface area (Å²) in [6.07, 6.45) is 1.04. The molecule has 0 amide bonds. The average molecular weight is 263 g/mol. The summed E-state index contributed by atoms with van der Waals surface area (Å²) < 4.78 is 2.31. The zero-order valence-electron chi connectivity index (χ0n) is 11.6. The number of nitrogens with zero attached hydrogens (tertiary/aromatic N) is 2. The molecule has 1 aliphatic heterocycles. The molecule has 1 aromatic heterocycles. The van der Waals surface area contributed by atoms with Crippen molar-refractivity contribution in [3.8, 4) is 5.69 Å². The normalized spacial score (nSPS) is 14.4. The van der Waals surface area contributed by atoms with Gasteiger partial charge in [-0.15, -0.1) is 0 Å². The van der Waals surface area contributed by atoms with E-state index >= 15 is 0 Å². The van der Waals surface area contributed by atoms with Crippen LogP contribution in [0.15, 0.2) is 42.5 Å². The van der Waals surface area contributed by atoms with Crippen LogP contribution in [0.5, 0.6) is 0 Å². The quantitative estimate of drug-likeness (QED) is 0.731. The summed E-state index contributed by atoms with van der Waals surface area (Å²) in [5, 5.41) is 5.95. The Balaban J connectivity index is 1.92. The van der Waals surface area contributed by atoms with Gasteiger partial charge in [0.25, 0.3) is 0 Å². The Morgan fingerprint density at radius 3 is 2.85 bits per heavy atom. The van der Waals surface area contributed by atoms with E-state index in [4.69, 9.17) is 4.98 Å². The first-order valence-electron chi connectivity index (χ1n) is 7.10. The third-order valence-corrected chi connectivity index (χ3v) is 4.05. The second-order valence-electron chi connectivity index (χ2n) is 5.35. The molecule has 0 saturated carbocycles. The SMILES string of the molecule is Cc1nc2c(n1-c1ccc3ccccc3c1)CCNC2. The van der Waals surface area contributed by atoms with Crippen LogP contribution in [0.4, 0.5) is 0 Å². The maximum atomic E-state index is 4.71. The second kappa shape index (κ2) is 4.46. The fourth-order valence-electron chi connectivity index (χ4n) is 3.10. The van der Waals surface area contributed by atoms with Gasteiger partial charge in [0.2, 0.25) is 0 Å².